The highest BCUT2D eigenvalue weighted by molar-refractivity contribution is 5.92. The van der Waals surface area contributed by atoms with Crippen molar-refractivity contribution >= 4 is 11.7 Å². The summed E-state index contributed by atoms with van der Waals surface area (Å²) in [5, 5.41) is 6.03. The minimum atomic E-state index is -0.215. The third kappa shape index (κ3) is 5.07. The molecule has 2 N–H and O–H groups in total. The van der Waals surface area contributed by atoms with Gasteiger partial charge < -0.3 is 20.1 Å². The number of rotatable bonds is 8. The van der Waals surface area contributed by atoms with Crippen molar-refractivity contribution in [1.82, 2.24) is 15.3 Å². The maximum Gasteiger partial charge on any atom is 0.271 e. The largest absolute Gasteiger partial charge is 0.493 e. The second-order valence-corrected chi connectivity index (χ2v) is 5.61. The number of hydrogen-bond donors (Lipinski definition) is 2. The fourth-order valence-electron chi connectivity index (χ4n) is 2.12. The van der Waals surface area contributed by atoms with Gasteiger partial charge in [-0.25, -0.2) is 9.97 Å². The molecular formula is C18H24N4O3. The first kappa shape index (κ1) is 18.5. The number of nitrogens with one attached hydrogen (secondary N) is 2. The number of methoxy groups -OCH3 is 2. The lowest BCUT2D eigenvalue weighted by Crippen LogP contribution is -2.32. The van der Waals surface area contributed by atoms with Gasteiger partial charge in [0.1, 0.15) is 11.5 Å². The van der Waals surface area contributed by atoms with Gasteiger partial charge in [-0.15, -0.1) is 0 Å². The zero-order valence-electron chi connectivity index (χ0n) is 15.0. The van der Waals surface area contributed by atoms with Gasteiger partial charge in [0.05, 0.1) is 26.6 Å². The summed E-state index contributed by atoms with van der Waals surface area (Å²) in [6.45, 7) is 4.51. The Morgan fingerprint density at radius 2 is 1.92 bits per heavy atom. The number of anilines is 1. The van der Waals surface area contributed by atoms with E-state index in [9.17, 15) is 4.79 Å². The molecule has 25 heavy (non-hydrogen) atoms. The van der Waals surface area contributed by atoms with Crippen molar-refractivity contribution in [3.63, 3.8) is 0 Å². The lowest BCUT2D eigenvalue weighted by molar-refractivity contribution is 0.0934. The third-order valence-electron chi connectivity index (χ3n) is 3.80. The fourth-order valence-corrected chi connectivity index (χ4v) is 2.12. The van der Waals surface area contributed by atoms with Crippen LogP contribution in [0.2, 0.25) is 0 Å². The van der Waals surface area contributed by atoms with Gasteiger partial charge in [0.15, 0.2) is 11.5 Å². The summed E-state index contributed by atoms with van der Waals surface area (Å²) < 4.78 is 10.5. The first-order chi connectivity index (χ1) is 12.1. The van der Waals surface area contributed by atoms with Crippen LogP contribution in [0.4, 0.5) is 5.82 Å². The number of benzene rings is 1. The molecule has 2 aromatic rings. The fraction of sp³-hybridized carbons (Fsp3) is 0.389. The molecule has 7 nitrogen and oxygen atoms in total. The monoisotopic (exact) mass is 344 g/mol. The van der Waals surface area contributed by atoms with Crippen molar-refractivity contribution in [1.29, 1.82) is 0 Å². The van der Waals surface area contributed by atoms with E-state index in [0.29, 0.717) is 29.6 Å². The van der Waals surface area contributed by atoms with E-state index in [1.807, 2.05) is 32.0 Å². The molecule has 0 bridgehead atoms. The predicted molar refractivity (Wildman–Crippen MR) is 96.1 cm³/mol. The van der Waals surface area contributed by atoms with Crippen molar-refractivity contribution in [3.05, 3.63) is 41.9 Å². The molecule has 0 radical (unpaired) electrons. The van der Waals surface area contributed by atoms with Crippen molar-refractivity contribution in [2.24, 2.45) is 0 Å². The van der Waals surface area contributed by atoms with Gasteiger partial charge in [-0.05, 0) is 31.0 Å². The summed E-state index contributed by atoms with van der Waals surface area (Å²) in [5.74, 6) is 1.73. The van der Waals surface area contributed by atoms with E-state index in [1.165, 1.54) is 6.20 Å². The van der Waals surface area contributed by atoms with E-state index >= 15 is 0 Å². The number of nitrogens with zero attached hydrogens (tertiary/aromatic N) is 2. The summed E-state index contributed by atoms with van der Waals surface area (Å²) in [6, 6.07) is 5.80. The molecule has 134 valence electrons. The Bertz CT molecular complexity index is 704. The molecule has 0 spiro atoms. The summed E-state index contributed by atoms with van der Waals surface area (Å²) in [5.41, 5.74) is 1.31. The van der Waals surface area contributed by atoms with Gasteiger partial charge in [0.25, 0.3) is 5.91 Å². The average Bonchev–Trinajstić information content (AvgIpc) is 2.66. The summed E-state index contributed by atoms with van der Waals surface area (Å²) in [7, 11) is 3.20. The van der Waals surface area contributed by atoms with Gasteiger partial charge >= 0.3 is 0 Å². The Kier molecular flexibility index (Phi) is 6.56. The Morgan fingerprint density at radius 1 is 1.16 bits per heavy atom. The standard InChI is InChI=1S/C18H24N4O3/c1-5-12(2)22-18(23)14-10-21-17(11-19-14)20-9-13-6-7-15(24-3)16(8-13)25-4/h6-8,10-12H,5,9H2,1-4H3,(H,20,21)(H,22,23). The van der Waals surface area contributed by atoms with Gasteiger partial charge in [0, 0.05) is 12.6 Å². The first-order valence-corrected chi connectivity index (χ1v) is 8.15. The minimum absolute atomic E-state index is 0.108. The highest BCUT2D eigenvalue weighted by Gasteiger charge is 2.10. The number of amides is 1. The Hall–Kier alpha value is -2.83. The normalized spacial score (nSPS) is 11.5. The predicted octanol–water partition coefficient (Wildman–Crippen LogP) is 2.63. The number of ether oxygens (including phenoxy) is 2. The van der Waals surface area contributed by atoms with Crippen LogP contribution in [0.1, 0.15) is 36.3 Å². The number of hydrogen-bond acceptors (Lipinski definition) is 6. The highest BCUT2D eigenvalue weighted by Crippen LogP contribution is 2.27. The lowest BCUT2D eigenvalue weighted by Gasteiger charge is -2.12. The smallest absolute Gasteiger partial charge is 0.271 e. The molecule has 7 heteroatoms. The second-order valence-electron chi connectivity index (χ2n) is 5.61. The van der Waals surface area contributed by atoms with Crippen LogP contribution < -0.4 is 20.1 Å². The summed E-state index contributed by atoms with van der Waals surface area (Å²) >= 11 is 0. The first-order valence-electron chi connectivity index (χ1n) is 8.15. The van der Waals surface area contributed by atoms with Crippen molar-refractivity contribution < 1.29 is 14.3 Å². The lowest BCUT2D eigenvalue weighted by atomic mass is 10.2. The van der Waals surface area contributed by atoms with E-state index in [2.05, 4.69) is 20.6 Å². The average molecular weight is 344 g/mol. The molecule has 0 aliphatic rings. The van der Waals surface area contributed by atoms with E-state index in [-0.39, 0.29) is 11.9 Å². The molecule has 1 heterocycles. The van der Waals surface area contributed by atoms with Crippen LogP contribution in [0.5, 0.6) is 11.5 Å². The summed E-state index contributed by atoms with van der Waals surface area (Å²) in [6.07, 6.45) is 3.88. The number of aromatic nitrogens is 2. The molecule has 0 saturated heterocycles. The molecule has 1 atom stereocenters. The van der Waals surface area contributed by atoms with Crippen molar-refractivity contribution in [2.75, 3.05) is 19.5 Å². The van der Waals surface area contributed by atoms with Crippen LogP contribution in [0, 0.1) is 0 Å². The van der Waals surface area contributed by atoms with E-state index in [0.717, 1.165) is 12.0 Å². The van der Waals surface area contributed by atoms with Crippen LogP contribution in [0.15, 0.2) is 30.6 Å². The van der Waals surface area contributed by atoms with Gasteiger partial charge in [-0.3, -0.25) is 4.79 Å². The zero-order valence-corrected chi connectivity index (χ0v) is 15.0. The van der Waals surface area contributed by atoms with Crippen LogP contribution in [-0.2, 0) is 6.54 Å². The molecule has 0 saturated carbocycles. The Morgan fingerprint density at radius 3 is 2.52 bits per heavy atom. The van der Waals surface area contributed by atoms with E-state index in [4.69, 9.17) is 9.47 Å². The van der Waals surface area contributed by atoms with E-state index < -0.39 is 0 Å². The van der Waals surface area contributed by atoms with E-state index in [1.54, 1.807) is 20.4 Å². The van der Waals surface area contributed by atoms with Crippen molar-refractivity contribution in [3.8, 4) is 11.5 Å². The Balaban J connectivity index is 1.96. The van der Waals surface area contributed by atoms with Gasteiger partial charge in [-0.2, -0.15) is 0 Å². The molecule has 0 aliphatic carbocycles. The molecule has 1 aromatic carbocycles. The molecular weight excluding hydrogens is 320 g/mol. The van der Waals surface area contributed by atoms with Crippen LogP contribution >= 0.6 is 0 Å². The summed E-state index contributed by atoms with van der Waals surface area (Å²) in [4.78, 5) is 20.4. The minimum Gasteiger partial charge on any atom is -0.493 e. The SMILES string of the molecule is CCC(C)NC(=O)c1cnc(NCc2ccc(OC)c(OC)c2)cn1. The molecule has 0 fully saturated rings. The Labute approximate surface area is 147 Å². The van der Waals surface area contributed by atoms with Crippen LogP contribution in [0.25, 0.3) is 0 Å². The highest BCUT2D eigenvalue weighted by atomic mass is 16.5. The molecule has 1 unspecified atom stereocenters. The quantitative estimate of drug-likeness (QED) is 0.766. The van der Waals surface area contributed by atoms with Crippen LogP contribution in [0.3, 0.4) is 0 Å². The molecule has 1 aromatic heterocycles. The van der Waals surface area contributed by atoms with Crippen molar-refractivity contribution in [2.45, 2.75) is 32.9 Å². The maximum atomic E-state index is 12.0. The van der Waals surface area contributed by atoms with Gasteiger partial charge in [-0.1, -0.05) is 13.0 Å². The van der Waals surface area contributed by atoms with Gasteiger partial charge in [0.2, 0.25) is 0 Å². The van der Waals surface area contributed by atoms with Crippen LogP contribution in [-0.4, -0.2) is 36.1 Å². The molecule has 0 aliphatic heterocycles. The number of carbonyl (C=O) groups excluding carboxylic acids is 1. The topological polar surface area (TPSA) is 85.4 Å². The zero-order chi connectivity index (χ0) is 18.2. The second kappa shape index (κ2) is 8.86. The number of carbonyl (C=O) groups is 1. The maximum absolute atomic E-state index is 12.0. The third-order valence-corrected chi connectivity index (χ3v) is 3.80. The molecule has 1 amide bonds. The molecule has 2 rings (SSSR count).